The number of amides is 1. The van der Waals surface area contributed by atoms with E-state index in [4.69, 9.17) is 0 Å². The number of hydrogen-bond donors (Lipinski definition) is 1. The Bertz CT molecular complexity index is 501. The summed E-state index contributed by atoms with van der Waals surface area (Å²) in [5.74, 6) is 1.15. The smallest absolute Gasteiger partial charge is 0.245 e. The van der Waals surface area contributed by atoms with E-state index in [0.29, 0.717) is 0 Å². The summed E-state index contributed by atoms with van der Waals surface area (Å²) in [6.45, 7) is 6.40. The quantitative estimate of drug-likeness (QED) is 0.875. The molecule has 0 aliphatic carbocycles. The maximum atomic E-state index is 12.8. The number of rotatable bonds is 3. The summed E-state index contributed by atoms with van der Waals surface area (Å²) >= 11 is 0. The molecule has 3 rings (SSSR count). The highest BCUT2D eigenvalue weighted by Crippen LogP contribution is 2.25. The van der Waals surface area contributed by atoms with Gasteiger partial charge in [0.15, 0.2) is 0 Å². The van der Waals surface area contributed by atoms with Crippen LogP contribution in [0.4, 0.5) is 5.82 Å². The largest absolute Gasteiger partial charge is 0.344 e. The molecule has 0 radical (unpaired) electrons. The second-order valence-electron chi connectivity index (χ2n) is 5.65. The van der Waals surface area contributed by atoms with Crippen LogP contribution in [0.1, 0.15) is 25.5 Å². The molecule has 0 aromatic carbocycles. The number of carbonyl (C=O) groups excluding carboxylic acids is 1. The molecule has 1 aromatic rings. The molecular weight excluding hydrogens is 266 g/mol. The molecule has 3 heterocycles. The summed E-state index contributed by atoms with van der Waals surface area (Å²) < 4.78 is 0. The predicted octanol–water partition coefficient (Wildman–Crippen LogP) is 0.440. The van der Waals surface area contributed by atoms with Crippen molar-refractivity contribution < 1.29 is 4.79 Å². The molecule has 2 saturated heterocycles. The Morgan fingerprint density at radius 3 is 2.90 bits per heavy atom. The van der Waals surface area contributed by atoms with Crippen LogP contribution in [0, 0.1) is 0 Å². The van der Waals surface area contributed by atoms with Crippen LogP contribution in [0.2, 0.25) is 0 Å². The van der Waals surface area contributed by atoms with Crippen molar-refractivity contribution in [3.63, 3.8) is 0 Å². The van der Waals surface area contributed by atoms with Gasteiger partial charge in [0.25, 0.3) is 0 Å². The molecular formula is C15H23N5O. The second-order valence-corrected chi connectivity index (χ2v) is 5.65. The third kappa shape index (κ3) is 3.00. The van der Waals surface area contributed by atoms with Crippen LogP contribution in [0.5, 0.6) is 0 Å². The van der Waals surface area contributed by atoms with Gasteiger partial charge in [0, 0.05) is 44.5 Å². The zero-order valence-electron chi connectivity index (χ0n) is 12.6. The molecule has 6 nitrogen and oxygen atoms in total. The van der Waals surface area contributed by atoms with E-state index in [-0.39, 0.29) is 11.9 Å². The van der Waals surface area contributed by atoms with Gasteiger partial charge in [-0.15, -0.1) is 0 Å². The van der Waals surface area contributed by atoms with Crippen molar-refractivity contribution in [1.82, 2.24) is 20.2 Å². The zero-order chi connectivity index (χ0) is 14.7. The molecule has 1 unspecified atom stereocenters. The van der Waals surface area contributed by atoms with Gasteiger partial charge in [-0.3, -0.25) is 4.79 Å². The number of aromatic nitrogens is 2. The first-order chi connectivity index (χ1) is 10.3. The molecule has 6 heteroatoms. The van der Waals surface area contributed by atoms with E-state index in [1.807, 2.05) is 11.0 Å². The molecule has 1 aromatic heterocycles. The molecule has 1 atom stereocenters. The van der Waals surface area contributed by atoms with E-state index in [2.05, 4.69) is 27.1 Å². The Morgan fingerprint density at radius 1 is 1.33 bits per heavy atom. The molecule has 0 saturated carbocycles. The van der Waals surface area contributed by atoms with E-state index in [1.54, 1.807) is 6.33 Å². The lowest BCUT2D eigenvalue weighted by Crippen LogP contribution is -2.52. The fourth-order valence-electron chi connectivity index (χ4n) is 3.13. The van der Waals surface area contributed by atoms with Gasteiger partial charge in [0.05, 0.1) is 0 Å². The Hall–Kier alpha value is -1.69. The maximum absolute atomic E-state index is 12.8. The minimum absolute atomic E-state index is 0.0530. The molecule has 1 N–H and O–H groups in total. The predicted molar refractivity (Wildman–Crippen MR) is 81.2 cm³/mol. The van der Waals surface area contributed by atoms with Crippen LogP contribution < -0.4 is 10.2 Å². The fourth-order valence-corrected chi connectivity index (χ4v) is 3.13. The number of anilines is 1. The van der Waals surface area contributed by atoms with Gasteiger partial charge in [-0.2, -0.15) is 0 Å². The van der Waals surface area contributed by atoms with Crippen LogP contribution in [-0.2, 0) is 11.2 Å². The number of piperazine rings is 1. The van der Waals surface area contributed by atoms with Gasteiger partial charge in [0.1, 0.15) is 18.2 Å². The topological polar surface area (TPSA) is 61.4 Å². The third-order valence-corrected chi connectivity index (χ3v) is 4.33. The number of nitrogens with one attached hydrogen (secondary N) is 1. The first-order valence-electron chi connectivity index (χ1n) is 7.86. The SMILES string of the molecule is CCc1cc(N2CCCC2C(=O)N2CCNCC2)ncn1. The van der Waals surface area contributed by atoms with Crippen molar-refractivity contribution in [1.29, 1.82) is 0 Å². The number of aryl methyl sites for hydroxylation is 1. The van der Waals surface area contributed by atoms with Gasteiger partial charge in [-0.05, 0) is 19.3 Å². The molecule has 0 bridgehead atoms. The average Bonchev–Trinajstić information content (AvgIpc) is 3.04. The van der Waals surface area contributed by atoms with Gasteiger partial charge < -0.3 is 15.1 Å². The highest BCUT2D eigenvalue weighted by molar-refractivity contribution is 5.85. The molecule has 21 heavy (non-hydrogen) atoms. The summed E-state index contributed by atoms with van der Waals surface area (Å²) in [6.07, 6.45) is 4.47. The van der Waals surface area contributed by atoms with Crippen LogP contribution >= 0.6 is 0 Å². The van der Waals surface area contributed by atoms with Crippen LogP contribution in [-0.4, -0.2) is 59.5 Å². The van der Waals surface area contributed by atoms with Crippen molar-refractivity contribution in [3.05, 3.63) is 18.1 Å². The van der Waals surface area contributed by atoms with Crippen molar-refractivity contribution in [3.8, 4) is 0 Å². The van der Waals surface area contributed by atoms with E-state index in [1.165, 1.54) is 0 Å². The first kappa shape index (κ1) is 14.3. The Labute approximate surface area is 125 Å². The van der Waals surface area contributed by atoms with Gasteiger partial charge >= 0.3 is 0 Å². The lowest BCUT2D eigenvalue weighted by Gasteiger charge is -2.33. The van der Waals surface area contributed by atoms with Gasteiger partial charge in [-0.1, -0.05) is 6.92 Å². The van der Waals surface area contributed by atoms with Crippen molar-refractivity contribution in [2.24, 2.45) is 0 Å². The van der Waals surface area contributed by atoms with Crippen molar-refractivity contribution in [2.75, 3.05) is 37.6 Å². The van der Waals surface area contributed by atoms with E-state index >= 15 is 0 Å². The van der Waals surface area contributed by atoms with Gasteiger partial charge in [0.2, 0.25) is 5.91 Å². The average molecular weight is 289 g/mol. The number of hydrogen-bond acceptors (Lipinski definition) is 5. The monoisotopic (exact) mass is 289 g/mol. The Kier molecular flexibility index (Phi) is 4.34. The summed E-state index contributed by atoms with van der Waals surface area (Å²) in [5, 5.41) is 3.29. The Balaban J connectivity index is 1.76. The van der Waals surface area contributed by atoms with Crippen LogP contribution in [0.25, 0.3) is 0 Å². The van der Waals surface area contributed by atoms with E-state index in [0.717, 1.165) is 63.5 Å². The summed E-state index contributed by atoms with van der Waals surface area (Å²) in [5.41, 5.74) is 1.03. The Morgan fingerprint density at radius 2 is 2.14 bits per heavy atom. The fraction of sp³-hybridized carbons (Fsp3) is 0.667. The summed E-state index contributed by atoms with van der Waals surface area (Å²) in [4.78, 5) is 25.5. The lowest BCUT2D eigenvalue weighted by molar-refractivity contribution is -0.133. The van der Waals surface area contributed by atoms with Gasteiger partial charge in [-0.25, -0.2) is 9.97 Å². The standard InChI is InChI=1S/C15H23N5O/c1-2-12-10-14(18-11-17-12)20-7-3-4-13(20)15(21)19-8-5-16-6-9-19/h10-11,13,16H,2-9H2,1H3. The zero-order valence-corrected chi connectivity index (χ0v) is 12.6. The third-order valence-electron chi connectivity index (χ3n) is 4.33. The maximum Gasteiger partial charge on any atom is 0.245 e. The second kappa shape index (κ2) is 6.39. The van der Waals surface area contributed by atoms with Crippen LogP contribution in [0.15, 0.2) is 12.4 Å². The number of nitrogens with zero attached hydrogens (tertiary/aromatic N) is 4. The highest BCUT2D eigenvalue weighted by Gasteiger charge is 2.34. The van der Waals surface area contributed by atoms with Crippen LogP contribution in [0.3, 0.4) is 0 Å². The minimum Gasteiger partial charge on any atom is -0.344 e. The molecule has 114 valence electrons. The lowest BCUT2D eigenvalue weighted by atomic mass is 10.1. The molecule has 2 aliphatic heterocycles. The molecule has 1 amide bonds. The summed E-state index contributed by atoms with van der Waals surface area (Å²) in [6, 6.07) is 1.96. The van der Waals surface area contributed by atoms with Crippen molar-refractivity contribution in [2.45, 2.75) is 32.2 Å². The summed E-state index contributed by atoms with van der Waals surface area (Å²) in [7, 11) is 0. The van der Waals surface area contributed by atoms with E-state index < -0.39 is 0 Å². The molecule has 0 spiro atoms. The number of carbonyl (C=O) groups is 1. The van der Waals surface area contributed by atoms with Crippen molar-refractivity contribution >= 4 is 11.7 Å². The first-order valence-corrected chi connectivity index (χ1v) is 7.86. The minimum atomic E-state index is -0.0530. The highest BCUT2D eigenvalue weighted by atomic mass is 16.2. The van der Waals surface area contributed by atoms with E-state index in [9.17, 15) is 4.79 Å². The molecule has 2 fully saturated rings. The normalized spacial score (nSPS) is 22.6. The molecule has 2 aliphatic rings.